The Bertz CT molecular complexity index is 395. The second kappa shape index (κ2) is 11.5. The van der Waals surface area contributed by atoms with E-state index >= 15 is 0 Å². The van der Waals surface area contributed by atoms with E-state index in [1.165, 1.54) is 31.9 Å². The lowest BCUT2D eigenvalue weighted by molar-refractivity contribution is 0.318. The van der Waals surface area contributed by atoms with Crippen LogP contribution in [0.25, 0.3) is 0 Å². The maximum absolute atomic E-state index is 11.1. The molecule has 0 aromatic carbocycles. The molecule has 0 aromatic heterocycles. The molecule has 0 spiro atoms. The van der Waals surface area contributed by atoms with Gasteiger partial charge >= 0.3 is 0 Å². The standard InChI is InChI=1S/C14H31N3O2S.HI/c1-6-7-8-9-14(2,3)12-17-13(15-4)16-10-11-20(5,18)19;/h6-12H2,1-5H3,(H2,15,16,17);1H. The van der Waals surface area contributed by atoms with Crippen LogP contribution in [0.4, 0.5) is 0 Å². The zero-order valence-corrected chi connectivity index (χ0v) is 17.2. The molecule has 128 valence electrons. The van der Waals surface area contributed by atoms with E-state index in [1.54, 1.807) is 7.05 Å². The number of sulfone groups is 1. The lowest BCUT2D eigenvalue weighted by Gasteiger charge is -2.26. The molecule has 0 saturated heterocycles. The van der Waals surface area contributed by atoms with E-state index in [1.807, 2.05) is 0 Å². The monoisotopic (exact) mass is 433 g/mol. The normalized spacial score (nSPS) is 12.7. The van der Waals surface area contributed by atoms with Gasteiger partial charge in [0.1, 0.15) is 9.84 Å². The third-order valence-electron chi connectivity index (χ3n) is 3.18. The maximum atomic E-state index is 11.1. The zero-order valence-electron chi connectivity index (χ0n) is 14.0. The summed E-state index contributed by atoms with van der Waals surface area (Å²) in [5, 5.41) is 6.29. The lowest BCUT2D eigenvalue weighted by Crippen LogP contribution is -2.43. The third-order valence-corrected chi connectivity index (χ3v) is 4.13. The number of guanidine groups is 1. The van der Waals surface area contributed by atoms with E-state index in [4.69, 9.17) is 0 Å². The molecular formula is C14H32IN3O2S. The fourth-order valence-corrected chi connectivity index (χ4v) is 2.31. The molecule has 21 heavy (non-hydrogen) atoms. The van der Waals surface area contributed by atoms with Crippen LogP contribution < -0.4 is 10.6 Å². The molecule has 0 fully saturated rings. The van der Waals surface area contributed by atoms with Gasteiger partial charge in [0, 0.05) is 26.4 Å². The molecule has 0 atom stereocenters. The minimum Gasteiger partial charge on any atom is -0.356 e. The summed E-state index contributed by atoms with van der Waals surface area (Å²) in [5.41, 5.74) is 0.212. The van der Waals surface area contributed by atoms with Crippen molar-refractivity contribution in [1.29, 1.82) is 0 Å². The fourth-order valence-electron chi connectivity index (χ4n) is 1.84. The van der Waals surface area contributed by atoms with E-state index in [9.17, 15) is 8.42 Å². The quantitative estimate of drug-likeness (QED) is 0.254. The van der Waals surface area contributed by atoms with Crippen LogP contribution in [0.2, 0.25) is 0 Å². The first-order valence-corrected chi connectivity index (χ1v) is 9.38. The molecule has 2 N–H and O–H groups in total. The lowest BCUT2D eigenvalue weighted by atomic mass is 9.87. The molecule has 0 amide bonds. The van der Waals surface area contributed by atoms with Crippen molar-refractivity contribution in [1.82, 2.24) is 10.6 Å². The van der Waals surface area contributed by atoms with Crippen LogP contribution in [0.1, 0.15) is 46.5 Å². The van der Waals surface area contributed by atoms with Crippen molar-refractivity contribution < 1.29 is 8.42 Å². The van der Waals surface area contributed by atoms with Crippen molar-refractivity contribution in [3.05, 3.63) is 0 Å². The highest BCUT2D eigenvalue weighted by atomic mass is 127. The Morgan fingerprint density at radius 2 is 1.81 bits per heavy atom. The largest absolute Gasteiger partial charge is 0.356 e. The van der Waals surface area contributed by atoms with Gasteiger partial charge in [0.25, 0.3) is 0 Å². The average molecular weight is 433 g/mol. The van der Waals surface area contributed by atoms with Gasteiger partial charge in [-0.2, -0.15) is 0 Å². The van der Waals surface area contributed by atoms with Gasteiger partial charge in [0.05, 0.1) is 5.75 Å². The highest BCUT2D eigenvalue weighted by Crippen LogP contribution is 2.22. The van der Waals surface area contributed by atoms with Gasteiger partial charge in [-0.15, -0.1) is 24.0 Å². The van der Waals surface area contributed by atoms with Crippen LogP contribution in [-0.2, 0) is 9.84 Å². The molecule has 0 unspecified atom stereocenters. The van der Waals surface area contributed by atoms with Gasteiger partial charge < -0.3 is 10.6 Å². The maximum Gasteiger partial charge on any atom is 0.191 e. The van der Waals surface area contributed by atoms with Gasteiger partial charge in [-0.05, 0) is 11.8 Å². The molecule has 0 aliphatic rings. The van der Waals surface area contributed by atoms with E-state index in [-0.39, 0.29) is 35.1 Å². The van der Waals surface area contributed by atoms with E-state index in [2.05, 4.69) is 36.4 Å². The summed E-state index contributed by atoms with van der Waals surface area (Å²) >= 11 is 0. The molecule has 0 bridgehead atoms. The first-order chi connectivity index (χ1) is 9.20. The molecule has 0 aliphatic heterocycles. The minimum atomic E-state index is -2.93. The Kier molecular flexibility index (Phi) is 12.7. The number of rotatable bonds is 9. The van der Waals surface area contributed by atoms with Gasteiger partial charge in [-0.1, -0.05) is 40.0 Å². The van der Waals surface area contributed by atoms with Gasteiger partial charge in [-0.3, -0.25) is 4.99 Å². The first-order valence-electron chi connectivity index (χ1n) is 7.32. The number of halogens is 1. The Hall–Kier alpha value is -0.0500. The zero-order chi connectivity index (χ0) is 15.6. The SMILES string of the molecule is CCCCCC(C)(C)CNC(=NC)NCCS(C)(=O)=O.I. The molecule has 0 aliphatic carbocycles. The number of hydrogen-bond acceptors (Lipinski definition) is 3. The molecule has 5 nitrogen and oxygen atoms in total. The number of hydrogen-bond donors (Lipinski definition) is 2. The summed E-state index contributed by atoms with van der Waals surface area (Å²) < 4.78 is 22.1. The van der Waals surface area contributed by atoms with Crippen molar-refractivity contribution in [2.75, 3.05) is 32.1 Å². The number of unbranched alkanes of at least 4 members (excludes halogenated alkanes) is 2. The third kappa shape index (κ3) is 14.6. The number of nitrogens with one attached hydrogen (secondary N) is 2. The predicted octanol–water partition coefficient (Wildman–Crippen LogP) is 2.42. The fraction of sp³-hybridized carbons (Fsp3) is 0.929. The second-order valence-electron chi connectivity index (χ2n) is 6.10. The van der Waals surface area contributed by atoms with Crippen molar-refractivity contribution in [3.63, 3.8) is 0 Å². The first kappa shape index (κ1) is 23.2. The average Bonchev–Trinajstić information content (AvgIpc) is 2.32. The van der Waals surface area contributed by atoms with Crippen molar-refractivity contribution in [2.24, 2.45) is 10.4 Å². The molecular weight excluding hydrogens is 401 g/mol. The van der Waals surface area contributed by atoms with Crippen LogP contribution in [0, 0.1) is 5.41 Å². The van der Waals surface area contributed by atoms with Gasteiger partial charge in [0.2, 0.25) is 0 Å². The van der Waals surface area contributed by atoms with Crippen molar-refractivity contribution in [2.45, 2.75) is 46.5 Å². The highest BCUT2D eigenvalue weighted by molar-refractivity contribution is 14.0. The Morgan fingerprint density at radius 1 is 1.19 bits per heavy atom. The minimum absolute atomic E-state index is 0. The summed E-state index contributed by atoms with van der Waals surface area (Å²) in [5.74, 6) is 0.783. The van der Waals surface area contributed by atoms with E-state index < -0.39 is 9.84 Å². The summed E-state index contributed by atoms with van der Waals surface area (Å²) in [6.07, 6.45) is 6.16. The molecule has 0 aromatic rings. The topological polar surface area (TPSA) is 70.6 Å². The summed E-state index contributed by atoms with van der Waals surface area (Å²) in [6.45, 7) is 7.89. The van der Waals surface area contributed by atoms with E-state index in [0.29, 0.717) is 12.5 Å². The van der Waals surface area contributed by atoms with Gasteiger partial charge in [0.15, 0.2) is 5.96 Å². The molecule has 0 heterocycles. The van der Waals surface area contributed by atoms with E-state index in [0.717, 1.165) is 6.54 Å². The van der Waals surface area contributed by atoms with Crippen LogP contribution in [0.3, 0.4) is 0 Å². The summed E-state index contributed by atoms with van der Waals surface area (Å²) in [4.78, 5) is 4.11. The summed E-state index contributed by atoms with van der Waals surface area (Å²) in [6, 6.07) is 0. The summed E-state index contributed by atoms with van der Waals surface area (Å²) in [7, 11) is -1.24. The predicted molar refractivity (Wildman–Crippen MR) is 102 cm³/mol. The van der Waals surface area contributed by atoms with Gasteiger partial charge in [-0.25, -0.2) is 8.42 Å². The number of nitrogens with zero attached hydrogens (tertiary/aromatic N) is 1. The second-order valence-corrected chi connectivity index (χ2v) is 8.36. The number of aliphatic imine (C=N–C) groups is 1. The van der Waals surface area contributed by atoms with Crippen molar-refractivity contribution in [3.8, 4) is 0 Å². The van der Waals surface area contributed by atoms with Crippen LogP contribution in [0.15, 0.2) is 4.99 Å². The Morgan fingerprint density at radius 3 is 2.29 bits per heavy atom. The Labute approximate surface area is 147 Å². The molecule has 0 rings (SSSR count). The van der Waals surface area contributed by atoms with Crippen molar-refractivity contribution >= 4 is 39.8 Å². The Balaban J connectivity index is 0. The van der Waals surface area contributed by atoms with Crippen LogP contribution >= 0.6 is 24.0 Å². The molecule has 0 radical (unpaired) electrons. The van der Waals surface area contributed by atoms with Crippen LogP contribution in [-0.4, -0.2) is 46.5 Å². The van der Waals surface area contributed by atoms with Crippen LogP contribution in [0.5, 0.6) is 0 Å². The molecule has 0 saturated carbocycles. The highest BCUT2D eigenvalue weighted by Gasteiger charge is 2.17. The smallest absolute Gasteiger partial charge is 0.191 e. The molecule has 7 heteroatoms.